The van der Waals surface area contributed by atoms with Crippen LogP contribution in [0.2, 0.25) is 0 Å². The van der Waals surface area contributed by atoms with E-state index >= 15 is 0 Å². The number of aromatic nitrogens is 2. The molecule has 0 saturated carbocycles. The molecule has 0 unspecified atom stereocenters. The van der Waals surface area contributed by atoms with Crippen molar-refractivity contribution in [3.63, 3.8) is 0 Å². The molecule has 7 heteroatoms. The smallest absolute Gasteiger partial charge is 0.248 e. The van der Waals surface area contributed by atoms with E-state index in [0.717, 1.165) is 32.7 Å². The number of rotatable bonds is 6. The van der Waals surface area contributed by atoms with Gasteiger partial charge in [0, 0.05) is 32.7 Å². The zero-order valence-electron chi connectivity index (χ0n) is 16.5. The van der Waals surface area contributed by atoms with Gasteiger partial charge < -0.3 is 20.1 Å². The second-order valence-corrected chi connectivity index (χ2v) is 6.92. The predicted octanol–water partition coefficient (Wildman–Crippen LogP) is 3.18. The van der Waals surface area contributed by atoms with E-state index < -0.39 is 0 Å². The van der Waals surface area contributed by atoms with Gasteiger partial charge in [-0.1, -0.05) is 42.5 Å². The van der Waals surface area contributed by atoms with Crippen LogP contribution in [-0.2, 0) is 6.54 Å². The number of benzene rings is 2. The molecule has 0 aliphatic carbocycles. The average Bonchev–Trinajstić information content (AvgIpc) is 2.77. The molecule has 4 rings (SSSR count). The van der Waals surface area contributed by atoms with Crippen LogP contribution in [0.1, 0.15) is 5.56 Å². The molecule has 1 saturated heterocycles. The van der Waals surface area contributed by atoms with Crippen LogP contribution in [0, 0.1) is 0 Å². The van der Waals surface area contributed by atoms with Gasteiger partial charge >= 0.3 is 0 Å². The van der Waals surface area contributed by atoms with Gasteiger partial charge in [-0.3, -0.25) is 4.90 Å². The molecular formula is C22H25N5O2. The van der Waals surface area contributed by atoms with E-state index in [9.17, 15) is 0 Å². The molecule has 2 aromatic carbocycles. The lowest BCUT2D eigenvalue weighted by Gasteiger charge is -2.35. The van der Waals surface area contributed by atoms with Crippen molar-refractivity contribution in [1.82, 2.24) is 14.9 Å². The number of nitrogens with two attached hydrogens (primary N) is 1. The first-order valence-electron chi connectivity index (χ1n) is 9.67. The fourth-order valence-corrected chi connectivity index (χ4v) is 3.47. The summed E-state index contributed by atoms with van der Waals surface area (Å²) in [5, 5.41) is 0. The third-order valence-corrected chi connectivity index (χ3v) is 5.02. The number of anilines is 2. The molecule has 0 radical (unpaired) electrons. The Bertz CT molecular complexity index is 943. The van der Waals surface area contributed by atoms with E-state index in [-0.39, 0.29) is 0 Å². The van der Waals surface area contributed by atoms with Crippen molar-refractivity contribution in [3.8, 4) is 17.4 Å². The van der Waals surface area contributed by atoms with Crippen LogP contribution >= 0.6 is 0 Å². The van der Waals surface area contributed by atoms with Gasteiger partial charge in [0.1, 0.15) is 12.0 Å². The summed E-state index contributed by atoms with van der Waals surface area (Å²) < 4.78 is 11.3. The predicted molar refractivity (Wildman–Crippen MR) is 113 cm³/mol. The number of para-hydroxylation sites is 2. The van der Waals surface area contributed by atoms with E-state index in [1.807, 2.05) is 30.3 Å². The molecule has 3 aromatic rings. The summed E-state index contributed by atoms with van der Waals surface area (Å²) in [5.41, 5.74) is 8.13. The Morgan fingerprint density at radius 2 is 1.59 bits per heavy atom. The minimum atomic E-state index is 0.339. The first kappa shape index (κ1) is 19.0. The molecule has 0 atom stereocenters. The Morgan fingerprint density at radius 3 is 2.31 bits per heavy atom. The van der Waals surface area contributed by atoms with E-state index in [1.165, 1.54) is 11.9 Å². The standard InChI is InChI=1S/C22H25N5O2/c1-28-18-9-5-6-10-19(18)29-22-20(23)21(24-16-25-22)27-13-11-26(12-14-27)15-17-7-3-2-4-8-17/h2-10,16H,11-15,23H2,1H3. The van der Waals surface area contributed by atoms with E-state index in [0.29, 0.717) is 28.9 Å². The highest BCUT2D eigenvalue weighted by Crippen LogP contribution is 2.35. The molecule has 1 aromatic heterocycles. The van der Waals surface area contributed by atoms with Crippen molar-refractivity contribution in [1.29, 1.82) is 0 Å². The molecule has 2 heterocycles. The van der Waals surface area contributed by atoms with Crippen LogP contribution in [0.25, 0.3) is 0 Å². The number of nitrogen functional groups attached to an aromatic ring is 1. The Morgan fingerprint density at radius 1 is 0.897 bits per heavy atom. The number of methoxy groups -OCH3 is 1. The Hall–Kier alpha value is -3.32. The SMILES string of the molecule is COc1ccccc1Oc1ncnc(N2CCN(Cc3ccccc3)CC2)c1N. The number of piperazine rings is 1. The van der Waals surface area contributed by atoms with Crippen LogP contribution in [0.15, 0.2) is 60.9 Å². The van der Waals surface area contributed by atoms with Crippen LogP contribution in [-0.4, -0.2) is 48.2 Å². The lowest BCUT2D eigenvalue weighted by Crippen LogP contribution is -2.46. The van der Waals surface area contributed by atoms with Crippen LogP contribution in [0.5, 0.6) is 17.4 Å². The van der Waals surface area contributed by atoms with Gasteiger partial charge in [0.15, 0.2) is 17.3 Å². The van der Waals surface area contributed by atoms with Gasteiger partial charge in [0.2, 0.25) is 5.88 Å². The summed E-state index contributed by atoms with van der Waals surface area (Å²) in [6.45, 7) is 4.54. The summed E-state index contributed by atoms with van der Waals surface area (Å²) in [6, 6.07) is 17.9. The third kappa shape index (κ3) is 4.41. The van der Waals surface area contributed by atoms with E-state index in [1.54, 1.807) is 7.11 Å². The molecule has 150 valence electrons. The normalized spacial score (nSPS) is 14.6. The molecule has 29 heavy (non-hydrogen) atoms. The summed E-state index contributed by atoms with van der Waals surface area (Å²) in [5.74, 6) is 2.25. The number of nitrogens with zero attached hydrogens (tertiary/aromatic N) is 4. The van der Waals surface area contributed by atoms with Crippen LogP contribution in [0.3, 0.4) is 0 Å². The maximum absolute atomic E-state index is 6.37. The maximum Gasteiger partial charge on any atom is 0.248 e. The molecule has 0 bridgehead atoms. The highest BCUT2D eigenvalue weighted by Gasteiger charge is 2.22. The molecule has 1 aliphatic rings. The quantitative estimate of drug-likeness (QED) is 0.691. The maximum atomic E-state index is 6.37. The van der Waals surface area contributed by atoms with Crippen LogP contribution < -0.4 is 20.1 Å². The van der Waals surface area contributed by atoms with Crippen molar-refractivity contribution >= 4 is 11.5 Å². The summed E-state index contributed by atoms with van der Waals surface area (Å²) in [7, 11) is 1.60. The molecule has 2 N–H and O–H groups in total. The summed E-state index contributed by atoms with van der Waals surface area (Å²) in [4.78, 5) is 13.3. The second-order valence-electron chi connectivity index (χ2n) is 6.92. The fraction of sp³-hybridized carbons (Fsp3) is 0.273. The van der Waals surface area contributed by atoms with Crippen molar-refractivity contribution < 1.29 is 9.47 Å². The minimum Gasteiger partial charge on any atom is -0.493 e. The van der Waals surface area contributed by atoms with Crippen molar-refractivity contribution in [2.75, 3.05) is 43.9 Å². The van der Waals surface area contributed by atoms with Crippen molar-refractivity contribution in [2.24, 2.45) is 0 Å². The Labute approximate surface area is 170 Å². The highest BCUT2D eigenvalue weighted by molar-refractivity contribution is 5.68. The largest absolute Gasteiger partial charge is 0.493 e. The lowest BCUT2D eigenvalue weighted by molar-refractivity contribution is 0.249. The summed E-state index contributed by atoms with van der Waals surface area (Å²) >= 11 is 0. The number of hydrogen-bond acceptors (Lipinski definition) is 7. The molecule has 1 aliphatic heterocycles. The van der Waals surface area contributed by atoms with Gasteiger partial charge in [0.25, 0.3) is 0 Å². The fourth-order valence-electron chi connectivity index (χ4n) is 3.47. The molecular weight excluding hydrogens is 366 g/mol. The topological polar surface area (TPSA) is 76.7 Å². The van der Waals surface area contributed by atoms with E-state index in [4.69, 9.17) is 15.2 Å². The Kier molecular flexibility index (Phi) is 5.76. The zero-order valence-corrected chi connectivity index (χ0v) is 16.5. The van der Waals surface area contributed by atoms with Gasteiger partial charge in [-0.2, -0.15) is 4.98 Å². The lowest BCUT2D eigenvalue weighted by atomic mass is 10.2. The molecule has 1 fully saturated rings. The third-order valence-electron chi connectivity index (χ3n) is 5.02. The van der Waals surface area contributed by atoms with Crippen LogP contribution in [0.4, 0.5) is 11.5 Å². The highest BCUT2D eigenvalue weighted by atomic mass is 16.5. The monoisotopic (exact) mass is 391 g/mol. The molecule has 7 nitrogen and oxygen atoms in total. The first-order chi connectivity index (χ1) is 14.2. The first-order valence-corrected chi connectivity index (χ1v) is 9.67. The van der Waals surface area contributed by atoms with Crippen molar-refractivity contribution in [2.45, 2.75) is 6.54 Å². The van der Waals surface area contributed by atoms with E-state index in [2.05, 4.69) is 44.0 Å². The summed E-state index contributed by atoms with van der Waals surface area (Å²) in [6.07, 6.45) is 1.49. The molecule has 0 amide bonds. The van der Waals surface area contributed by atoms with Gasteiger partial charge in [-0.15, -0.1) is 0 Å². The molecule has 0 spiro atoms. The average molecular weight is 391 g/mol. The number of hydrogen-bond donors (Lipinski definition) is 1. The second kappa shape index (κ2) is 8.79. The minimum absolute atomic E-state index is 0.339. The zero-order chi connectivity index (χ0) is 20.1. The Balaban J connectivity index is 1.44. The number of ether oxygens (including phenoxy) is 2. The van der Waals surface area contributed by atoms with Gasteiger partial charge in [-0.05, 0) is 17.7 Å². The van der Waals surface area contributed by atoms with Gasteiger partial charge in [-0.25, -0.2) is 4.98 Å². The van der Waals surface area contributed by atoms with Crippen molar-refractivity contribution in [3.05, 3.63) is 66.5 Å². The van der Waals surface area contributed by atoms with Gasteiger partial charge in [0.05, 0.1) is 7.11 Å².